The molecule has 0 saturated heterocycles. The van der Waals surface area contributed by atoms with Crippen LogP contribution in [0.4, 0.5) is 26.7 Å². The number of halogens is 6. The maximum Gasteiger partial charge on any atom is 0.461 e. The number of urea groups is 1. The normalized spacial score (nSPS) is 12.8. The van der Waals surface area contributed by atoms with Crippen molar-refractivity contribution in [1.82, 2.24) is 15.6 Å². The van der Waals surface area contributed by atoms with Crippen molar-refractivity contribution >= 4 is 29.4 Å². The molecule has 1 atom stereocenters. The molecular formula is C28H25ClF5N3O5. The number of alkyl halides is 4. The number of nitrogens with one attached hydrogen (secondary N) is 2. The first-order valence-electron chi connectivity index (χ1n) is 12.3. The van der Waals surface area contributed by atoms with Crippen molar-refractivity contribution in [3.63, 3.8) is 0 Å². The summed E-state index contributed by atoms with van der Waals surface area (Å²) < 4.78 is 76.7. The van der Waals surface area contributed by atoms with Crippen LogP contribution < -0.4 is 15.4 Å². The number of ether oxygens (including phenoxy) is 2. The minimum Gasteiger partial charge on any atom is -0.469 e. The number of methoxy groups -OCH3 is 1. The third-order valence-corrected chi connectivity index (χ3v) is 6.18. The average Bonchev–Trinajstić information content (AvgIpc) is 2.94. The summed E-state index contributed by atoms with van der Waals surface area (Å²) in [7, 11) is 1.16. The highest BCUT2D eigenvalue weighted by Gasteiger charge is 2.45. The van der Waals surface area contributed by atoms with E-state index in [4.69, 9.17) is 11.6 Å². The molecule has 224 valence electrons. The molecule has 0 saturated carbocycles. The van der Waals surface area contributed by atoms with Gasteiger partial charge in [-0.25, -0.2) is 9.18 Å². The summed E-state index contributed by atoms with van der Waals surface area (Å²) >= 11 is 6.01. The molecule has 0 aliphatic heterocycles. The van der Waals surface area contributed by atoms with Crippen LogP contribution in [0, 0.1) is 5.82 Å². The van der Waals surface area contributed by atoms with Gasteiger partial charge in [-0.15, -0.1) is 0 Å². The van der Waals surface area contributed by atoms with E-state index in [0.717, 1.165) is 19.2 Å². The second-order valence-electron chi connectivity index (χ2n) is 8.99. The third-order valence-electron chi connectivity index (χ3n) is 5.96. The van der Waals surface area contributed by atoms with E-state index in [0.29, 0.717) is 11.6 Å². The van der Waals surface area contributed by atoms with Crippen molar-refractivity contribution in [3.05, 3.63) is 94.5 Å². The number of nitrogens with zero attached hydrogens (tertiary/aromatic N) is 1. The van der Waals surface area contributed by atoms with E-state index in [1.165, 1.54) is 18.3 Å². The van der Waals surface area contributed by atoms with E-state index in [9.17, 15) is 36.3 Å². The Balaban J connectivity index is 2.09. The highest BCUT2D eigenvalue weighted by molar-refractivity contribution is 6.30. The van der Waals surface area contributed by atoms with Gasteiger partial charge in [0.05, 0.1) is 30.8 Å². The molecule has 1 heterocycles. The SMILES string of the molecule is COC(=O)CCC(=O)CNC(=O)NC(Cc1ccccc1)(c1cc(F)cc(OC(F)(F)C(F)F)c1)c1ccc(Cl)cn1. The predicted molar refractivity (Wildman–Crippen MR) is 141 cm³/mol. The summed E-state index contributed by atoms with van der Waals surface area (Å²) in [5.74, 6) is -3.21. The first-order valence-corrected chi connectivity index (χ1v) is 12.7. The Labute approximate surface area is 242 Å². The van der Waals surface area contributed by atoms with Gasteiger partial charge in [0, 0.05) is 25.1 Å². The molecule has 42 heavy (non-hydrogen) atoms. The van der Waals surface area contributed by atoms with Crippen molar-refractivity contribution in [3.8, 4) is 5.75 Å². The van der Waals surface area contributed by atoms with Gasteiger partial charge < -0.3 is 20.1 Å². The van der Waals surface area contributed by atoms with Gasteiger partial charge in [0.15, 0.2) is 5.78 Å². The van der Waals surface area contributed by atoms with Crippen LogP contribution >= 0.6 is 11.6 Å². The lowest BCUT2D eigenvalue weighted by molar-refractivity contribution is -0.253. The van der Waals surface area contributed by atoms with Crippen LogP contribution in [-0.4, -0.2) is 49.0 Å². The molecule has 0 spiro atoms. The lowest BCUT2D eigenvalue weighted by Gasteiger charge is -2.35. The Hall–Kier alpha value is -4.26. The number of hydrogen-bond acceptors (Lipinski definition) is 6. The topological polar surface area (TPSA) is 107 Å². The summed E-state index contributed by atoms with van der Waals surface area (Å²) in [6, 6.07) is 12.5. The van der Waals surface area contributed by atoms with E-state index in [1.807, 2.05) is 0 Å². The summed E-state index contributed by atoms with van der Waals surface area (Å²) in [5, 5.41) is 5.20. The zero-order chi connectivity index (χ0) is 30.9. The van der Waals surface area contributed by atoms with Crippen LogP contribution in [0.15, 0.2) is 66.9 Å². The molecule has 2 N–H and O–H groups in total. The number of amides is 2. The number of carbonyl (C=O) groups is 3. The van der Waals surface area contributed by atoms with E-state index in [2.05, 4.69) is 25.1 Å². The second-order valence-corrected chi connectivity index (χ2v) is 9.43. The zero-order valence-corrected chi connectivity index (χ0v) is 22.8. The summed E-state index contributed by atoms with van der Waals surface area (Å²) in [6.45, 7) is -0.504. The van der Waals surface area contributed by atoms with Crippen molar-refractivity contribution in [2.45, 2.75) is 37.3 Å². The van der Waals surface area contributed by atoms with Gasteiger partial charge >= 0.3 is 24.5 Å². The van der Waals surface area contributed by atoms with Crippen molar-refractivity contribution in [2.24, 2.45) is 0 Å². The Morgan fingerprint density at radius 2 is 1.74 bits per heavy atom. The zero-order valence-electron chi connectivity index (χ0n) is 22.0. The molecule has 1 aromatic heterocycles. The molecule has 0 radical (unpaired) electrons. The molecule has 3 rings (SSSR count). The number of carbonyl (C=O) groups excluding carboxylic acids is 3. The molecule has 0 aliphatic rings. The van der Waals surface area contributed by atoms with Crippen molar-refractivity contribution < 1.29 is 45.8 Å². The fraction of sp³-hybridized carbons (Fsp3) is 0.286. The summed E-state index contributed by atoms with van der Waals surface area (Å²) in [6.07, 6.45) is -8.50. The highest BCUT2D eigenvalue weighted by atomic mass is 35.5. The van der Waals surface area contributed by atoms with Crippen LogP contribution in [0.1, 0.15) is 29.7 Å². The molecule has 1 unspecified atom stereocenters. The van der Waals surface area contributed by atoms with Crippen LogP contribution in [0.25, 0.3) is 0 Å². The molecule has 0 bridgehead atoms. The largest absolute Gasteiger partial charge is 0.469 e. The lowest BCUT2D eigenvalue weighted by atomic mass is 9.80. The first kappa shape index (κ1) is 32.3. The average molecular weight is 614 g/mol. The van der Waals surface area contributed by atoms with Crippen molar-refractivity contribution in [1.29, 1.82) is 0 Å². The minimum atomic E-state index is -4.94. The molecule has 2 aromatic carbocycles. The van der Waals surface area contributed by atoms with Crippen LogP contribution in [0.5, 0.6) is 5.75 Å². The number of hydrogen-bond donors (Lipinski definition) is 2. The molecule has 2 amide bonds. The van der Waals surface area contributed by atoms with Gasteiger partial charge in [-0.05, 0) is 35.4 Å². The number of pyridine rings is 1. The molecule has 3 aromatic rings. The van der Waals surface area contributed by atoms with Crippen LogP contribution in [0.2, 0.25) is 5.02 Å². The van der Waals surface area contributed by atoms with E-state index in [1.54, 1.807) is 30.3 Å². The van der Waals surface area contributed by atoms with Gasteiger partial charge in [-0.1, -0.05) is 41.9 Å². The fourth-order valence-corrected chi connectivity index (χ4v) is 4.08. The van der Waals surface area contributed by atoms with Crippen molar-refractivity contribution in [2.75, 3.05) is 13.7 Å². The minimum absolute atomic E-state index is 0.0556. The van der Waals surface area contributed by atoms with E-state index in [-0.39, 0.29) is 35.5 Å². The first-order chi connectivity index (χ1) is 19.8. The number of esters is 1. The van der Waals surface area contributed by atoms with Gasteiger partial charge in [-0.2, -0.15) is 17.6 Å². The maximum absolute atomic E-state index is 14.9. The lowest BCUT2D eigenvalue weighted by Crippen LogP contribution is -2.53. The van der Waals surface area contributed by atoms with Gasteiger partial charge in [0.2, 0.25) is 0 Å². The quantitative estimate of drug-likeness (QED) is 0.197. The Kier molecular flexibility index (Phi) is 10.8. The smallest absolute Gasteiger partial charge is 0.461 e. The number of Topliss-reactive ketones (excluding diaryl/α,β-unsaturated/α-hetero) is 1. The molecular weight excluding hydrogens is 589 g/mol. The van der Waals surface area contributed by atoms with Gasteiger partial charge in [-0.3, -0.25) is 14.6 Å². The number of ketones is 1. The highest BCUT2D eigenvalue weighted by Crippen LogP contribution is 2.37. The maximum atomic E-state index is 14.9. The second kappa shape index (κ2) is 14.1. The van der Waals surface area contributed by atoms with Crippen LogP contribution in [-0.2, 0) is 26.3 Å². The Bertz CT molecular complexity index is 1400. The number of aromatic nitrogens is 1. The van der Waals surface area contributed by atoms with Crippen LogP contribution in [0.3, 0.4) is 0 Å². The Morgan fingerprint density at radius 3 is 2.36 bits per heavy atom. The Morgan fingerprint density at radius 1 is 1.02 bits per heavy atom. The molecule has 8 nitrogen and oxygen atoms in total. The molecule has 14 heteroatoms. The molecule has 0 fully saturated rings. The predicted octanol–water partition coefficient (Wildman–Crippen LogP) is 5.42. The molecule has 0 aliphatic carbocycles. The standard InChI is InChI=1S/C28H25ClF5N3O5/c1-41-24(39)10-8-21(38)16-36-26(40)37-27(14-17-5-3-2-4-6-17,23-9-7-19(29)15-35-23)18-11-20(30)13-22(12-18)42-28(33,34)25(31)32/h2-7,9,11-13,15,25H,8,10,14,16H2,1H3,(H2,36,37,40). The third kappa shape index (κ3) is 8.62. The van der Waals surface area contributed by atoms with E-state index < -0.39 is 54.0 Å². The number of benzene rings is 2. The van der Waals surface area contributed by atoms with Gasteiger partial charge in [0.1, 0.15) is 17.1 Å². The summed E-state index contributed by atoms with van der Waals surface area (Å²) in [4.78, 5) is 41.0. The monoisotopic (exact) mass is 613 g/mol. The van der Waals surface area contributed by atoms with E-state index >= 15 is 0 Å². The fourth-order valence-electron chi connectivity index (χ4n) is 3.97. The summed E-state index contributed by atoms with van der Waals surface area (Å²) in [5.41, 5.74) is -1.42. The van der Waals surface area contributed by atoms with Gasteiger partial charge in [0.25, 0.3) is 0 Å². The number of rotatable bonds is 13.